The average molecular weight is 204 g/mol. The lowest BCUT2D eigenvalue weighted by Crippen LogP contribution is -2.26. The van der Waals surface area contributed by atoms with Crippen molar-refractivity contribution < 1.29 is 26.3 Å². The van der Waals surface area contributed by atoms with Gasteiger partial charge in [0.1, 0.15) is 5.57 Å². The Morgan fingerprint density at radius 1 is 1.00 bits per heavy atom. The highest BCUT2D eigenvalue weighted by Crippen LogP contribution is 2.38. The summed E-state index contributed by atoms with van der Waals surface area (Å²) in [5, 5.41) is 0. The fourth-order valence-corrected chi connectivity index (χ4v) is 0.593. The van der Waals surface area contributed by atoms with Gasteiger partial charge < -0.3 is 0 Å². The Bertz CT molecular complexity index is 190. The van der Waals surface area contributed by atoms with Crippen molar-refractivity contribution >= 4 is 0 Å². The fourth-order valence-electron chi connectivity index (χ4n) is 0.593. The molecule has 0 aliphatic heterocycles. The molecule has 0 unspecified atom stereocenters. The van der Waals surface area contributed by atoms with Gasteiger partial charge in [0.25, 0.3) is 0 Å². The van der Waals surface area contributed by atoms with Crippen LogP contribution in [0.1, 0.15) is 6.42 Å². The molecule has 0 N–H and O–H groups in total. The van der Waals surface area contributed by atoms with Crippen molar-refractivity contribution in [3.8, 4) is 0 Å². The van der Waals surface area contributed by atoms with Gasteiger partial charge >= 0.3 is 12.4 Å². The summed E-state index contributed by atoms with van der Waals surface area (Å²) in [6.07, 6.45) is -10.2. The lowest BCUT2D eigenvalue weighted by atomic mass is 10.2. The normalized spacial score (nSPS) is 12.5. The zero-order chi connectivity index (χ0) is 10.7. The van der Waals surface area contributed by atoms with E-state index in [4.69, 9.17) is 0 Å². The maximum absolute atomic E-state index is 11.7. The molecule has 0 rings (SSSR count). The smallest absolute Gasteiger partial charge is 0.166 e. The quantitative estimate of drug-likeness (QED) is 0.476. The van der Waals surface area contributed by atoms with E-state index in [1.807, 2.05) is 0 Å². The molecule has 0 amide bonds. The van der Waals surface area contributed by atoms with Crippen molar-refractivity contribution in [1.29, 1.82) is 0 Å². The largest absolute Gasteiger partial charge is 0.421 e. The molecule has 0 saturated carbocycles. The van der Waals surface area contributed by atoms with Crippen LogP contribution in [-0.4, -0.2) is 12.4 Å². The van der Waals surface area contributed by atoms with Crippen molar-refractivity contribution in [3.63, 3.8) is 0 Å². The van der Waals surface area contributed by atoms with Gasteiger partial charge in [-0.1, -0.05) is 12.2 Å². The number of hydrogen-bond acceptors (Lipinski definition) is 0. The van der Waals surface area contributed by atoms with Gasteiger partial charge in [-0.25, -0.2) is 0 Å². The third-order valence-corrected chi connectivity index (χ3v) is 1.10. The van der Waals surface area contributed by atoms with Crippen LogP contribution in [0.25, 0.3) is 0 Å². The van der Waals surface area contributed by atoms with Crippen LogP contribution in [0, 0.1) is 0 Å². The molecule has 0 atom stereocenters. The van der Waals surface area contributed by atoms with E-state index in [9.17, 15) is 26.3 Å². The minimum Gasteiger partial charge on any atom is -0.166 e. The van der Waals surface area contributed by atoms with Crippen LogP contribution in [0.15, 0.2) is 24.3 Å². The molecule has 0 aromatic carbocycles. The zero-order valence-corrected chi connectivity index (χ0v) is 6.34. The number of halogens is 6. The summed E-state index contributed by atoms with van der Waals surface area (Å²) >= 11 is 0. The maximum Gasteiger partial charge on any atom is 0.421 e. The van der Waals surface area contributed by atoms with Crippen LogP contribution in [0.2, 0.25) is 0 Å². The van der Waals surface area contributed by atoms with Gasteiger partial charge in [0.05, 0.1) is 0 Å². The first-order chi connectivity index (χ1) is 5.69. The Balaban J connectivity index is 4.88. The number of alkyl halides is 6. The summed E-state index contributed by atoms with van der Waals surface area (Å²) in [5.74, 6) is 0. The van der Waals surface area contributed by atoms with E-state index in [2.05, 4.69) is 6.58 Å². The van der Waals surface area contributed by atoms with Crippen molar-refractivity contribution in [3.05, 3.63) is 24.3 Å². The van der Waals surface area contributed by atoms with E-state index in [1.54, 1.807) is 0 Å². The van der Waals surface area contributed by atoms with Gasteiger partial charge in [-0.3, -0.25) is 0 Å². The van der Waals surface area contributed by atoms with Crippen LogP contribution in [0.4, 0.5) is 26.3 Å². The van der Waals surface area contributed by atoms with E-state index >= 15 is 0 Å². The third-order valence-electron chi connectivity index (χ3n) is 1.10. The summed E-state index contributed by atoms with van der Waals surface area (Å²) in [5.41, 5.74) is -2.49. The number of hydrogen-bond donors (Lipinski definition) is 0. The minimum absolute atomic E-state index is 0.0625. The first-order valence-electron chi connectivity index (χ1n) is 3.15. The molecule has 0 aliphatic rings. The molecule has 0 aliphatic carbocycles. The molecule has 0 nitrogen and oxygen atoms in total. The van der Waals surface area contributed by atoms with Crippen LogP contribution in [0.5, 0.6) is 0 Å². The molecular formula is C7H6F6. The molecule has 0 radical (unpaired) electrons. The molecule has 6 heteroatoms. The van der Waals surface area contributed by atoms with Crippen LogP contribution in [0.3, 0.4) is 0 Å². The summed E-state index contributed by atoms with van der Waals surface area (Å²) < 4.78 is 70.3. The fraction of sp³-hybridized carbons (Fsp3) is 0.429. The third kappa shape index (κ3) is 4.00. The first kappa shape index (κ1) is 12.1. The lowest BCUT2D eigenvalue weighted by Gasteiger charge is -2.14. The van der Waals surface area contributed by atoms with Crippen molar-refractivity contribution in [2.45, 2.75) is 18.8 Å². The van der Waals surface area contributed by atoms with Crippen LogP contribution in [-0.2, 0) is 0 Å². The second-order valence-corrected chi connectivity index (χ2v) is 2.14. The topological polar surface area (TPSA) is 0 Å². The Morgan fingerprint density at radius 2 is 1.38 bits per heavy atom. The number of allylic oxidation sites excluding steroid dienone is 3. The molecule has 0 bridgehead atoms. The van der Waals surface area contributed by atoms with E-state index < -0.39 is 24.3 Å². The predicted molar refractivity (Wildman–Crippen MR) is 35.0 cm³/mol. The van der Waals surface area contributed by atoms with Gasteiger partial charge in [0.2, 0.25) is 0 Å². The molecule has 0 aromatic rings. The highest BCUT2D eigenvalue weighted by Gasteiger charge is 2.50. The number of rotatable bonds is 2. The van der Waals surface area contributed by atoms with Crippen molar-refractivity contribution in [2.75, 3.05) is 0 Å². The average Bonchev–Trinajstić information content (AvgIpc) is 1.81. The van der Waals surface area contributed by atoms with Gasteiger partial charge in [-0.2, -0.15) is 26.3 Å². The lowest BCUT2D eigenvalue weighted by molar-refractivity contribution is -0.172. The summed E-state index contributed by atoms with van der Waals surface area (Å²) in [4.78, 5) is 0. The monoisotopic (exact) mass is 204 g/mol. The Labute approximate surface area is 70.5 Å². The predicted octanol–water partition coefficient (Wildman–Crippen LogP) is 3.61. The molecule has 0 fully saturated rings. The molecule has 0 aromatic heterocycles. The van der Waals surface area contributed by atoms with E-state index in [-0.39, 0.29) is 6.08 Å². The highest BCUT2D eigenvalue weighted by molar-refractivity contribution is 5.16. The van der Waals surface area contributed by atoms with Gasteiger partial charge in [-0.15, -0.1) is 6.58 Å². The molecule has 13 heavy (non-hydrogen) atoms. The van der Waals surface area contributed by atoms with E-state index in [1.165, 1.54) is 0 Å². The molecule has 0 heterocycles. The van der Waals surface area contributed by atoms with Crippen molar-refractivity contribution in [1.82, 2.24) is 0 Å². The second-order valence-electron chi connectivity index (χ2n) is 2.14. The first-order valence-corrected chi connectivity index (χ1v) is 3.15. The minimum atomic E-state index is -5.36. The summed E-state index contributed by atoms with van der Waals surface area (Å²) in [6, 6.07) is 0. The molecular weight excluding hydrogens is 198 g/mol. The van der Waals surface area contributed by atoms with E-state index in [0.29, 0.717) is 0 Å². The summed E-state index contributed by atoms with van der Waals surface area (Å²) in [7, 11) is 0. The second kappa shape index (κ2) is 3.85. The Kier molecular flexibility index (Phi) is 3.57. The standard InChI is InChI=1S/C7H6F6/c1-2-3-4-5(6(8,9)10)7(11,12)13/h2,4H,1,3H2. The molecule has 0 spiro atoms. The zero-order valence-electron chi connectivity index (χ0n) is 6.34. The van der Waals surface area contributed by atoms with Crippen LogP contribution >= 0.6 is 0 Å². The van der Waals surface area contributed by atoms with E-state index in [0.717, 1.165) is 6.08 Å². The van der Waals surface area contributed by atoms with Crippen molar-refractivity contribution in [2.24, 2.45) is 0 Å². The SMILES string of the molecule is C=CCC=C(C(F)(F)F)C(F)(F)F. The van der Waals surface area contributed by atoms with Crippen LogP contribution < -0.4 is 0 Å². The maximum atomic E-state index is 11.7. The van der Waals surface area contributed by atoms with Gasteiger partial charge in [-0.05, 0) is 6.42 Å². The van der Waals surface area contributed by atoms with Gasteiger partial charge in [0, 0.05) is 0 Å². The molecule has 0 saturated heterocycles. The Morgan fingerprint density at radius 3 is 1.62 bits per heavy atom. The highest BCUT2D eigenvalue weighted by atomic mass is 19.4. The Hall–Kier alpha value is -0.940. The summed E-state index contributed by atoms with van der Waals surface area (Å²) in [6.45, 7) is 3.02. The molecule has 76 valence electrons. The van der Waals surface area contributed by atoms with Gasteiger partial charge in [0.15, 0.2) is 0 Å².